The second-order valence-electron chi connectivity index (χ2n) is 9.95. The quantitative estimate of drug-likeness (QED) is 0.382. The zero-order chi connectivity index (χ0) is 26.7. The number of ether oxygens (including phenoxy) is 1. The zero-order valence-electron chi connectivity index (χ0n) is 21.9. The minimum absolute atomic E-state index is 0.145. The monoisotopic (exact) mass is 524 g/mol. The first-order valence-electron chi connectivity index (χ1n) is 12.0. The number of hydrogen-bond donors (Lipinski definition) is 1. The lowest BCUT2D eigenvalue weighted by Gasteiger charge is -2.21. The molecule has 1 N–H and O–H groups in total. The van der Waals surface area contributed by atoms with Gasteiger partial charge in [-0.15, -0.1) is 5.10 Å². The highest BCUT2D eigenvalue weighted by atomic mass is 32.2. The summed E-state index contributed by atoms with van der Waals surface area (Å²) in [6, 6.07) is 7.57. The van der Waals surface area contributed by atoms with Crippen molar-refractivity contribution in [2.24, 2.45) is 0 Å². The number of hydrogen-bond acceptors (Lipinski definition) is 9. The third-order valence-electron chi connectivity index (χ3n) is 5.79. The van der Waals surface area contributed by atoms with Crippen molar-refractivity contribution in [1.29, 1.82) is 0 Å². The Labute approximate surface area is 220 Å². The van der Waals surface area contributed by atoms with Crippen LogP contribution in [0.2, 0.25) is 0 Å². The van der Waals surface area contributed by atoms with Crippen LogP contribution in [0.4, 0.5) is 16.3 Å². The number of fused-ring (bicyclic) bond motifs is 1. The molecule has 4 rings (SSSR count). The number of nitrogens with zero attached hydrogens (tertiary/aromatic N) is 7. The number of carbonyl (C=O) groups excluding carboxylic acids is 2. The van der Waals surface area contributed by atoms with Gasteiger partial charge in [0.05, 0.1) is 17.6 Å². The topological polar surface area (TPSA) is 118 Å². The highest BCUT2D eigenvalue weighted by Gasteiger charge is 2.28. The fourth-order valence-electron chi connectivity index (χ4n) is 3.81. The Morgan fingerprint density at radius 2 is 2.00 bits per heavy atom. The van der Waals surface area contributed by atoms with Gasteiger partial charge in [0.2, 0.25) is 0 Å². The predicted molar refractivity (Wildman–Crippen MR) is 143 cm³/mol. The largest absolute Gasteiger partial charge is 0.449 e. The molecule has 0 aliphatic carbocycles. The molecule has 37 heavy (non-hydrogen) atoms. The Morgan fingerprint density at radius 1 is 1.24 bits per heavy atom. The van der Waals surface area contributed by atoms with Gasteiger partial charge in [-0.25, -0.2) is 19.4 Å². The molecule has 0 bridgehead atoms. The third kappa shape index (κ3) is 6.19. The van der Waals surface area contributed by atoms with Gasteiger partial charge in [0.1, 0.15) is 18.0 Å². The molecule has 0 spiro atoms. The maximum absolute atomic E-state index is 13.5. The van der Waals surface area contributed by atoms with E-state index in [2.05, 4.69) is 25.6 Å². The van der Waals surface area contributed by atoms with Crippen LogP contribution >= 0.6 is 11.8 Å². The predicted octanol–water partition coefficient (Wildman–Crippen LogP) is 3.50. The van der Waals surface area contributed by atoms with E-state index >= 15 is 0 Å². The van der Waals surface area contributed by atoms with Crippen LogP contribution in [0.5, 0.6) is 0 Å². The van der Waals surface area contributed by atoms with Crippen molar-refractivity contribution in [3.05, 3.63) is 47.9 Å². The van der Waals surface area contributed by atoms with Crippen molar-refractivity contribution in [1.82, 2.24) is 30.3 Å². The van der Waals surface area contributed by atoms with E-state index in [-0.39, 0.29) is 24.0 Å². The van der Waals surface area contributed by atoms with Crippen molar-refractivity contribution >= 4 is 35.3 Å². The second kappa shape index (κ2) is 10.8. The van der Waals surface area contributed by atoms with Crippen LogP contribution in [-0.2, 0) is 4.74 Å². The van der Waals surface area contributed by atoms with E-state index in [9.17, 15) is 9.59 Å². The standard InChI is InChI=1S/C25H32N8O3S/c1-16(15-36-24(35)28-25(2,3)4)20-14-33(30-29-20)18-9-7-8-17(12-18)32-11-10-31(5)21-19(22(32)34)13-26-23(27-21)37-6/h7-9,12-14,16H,10-11,15H2,1-6H3,(H,28,35). The molecule has 1 atom stereocenters. The Morgan fingerprint density at radius 3 is 2.73 bits per heavy atom. The number of rotatable bonds is 6. The molecule has 1 aliphatic rings. The van der Waals surface area contributed by atoms with E-state index in [4.69, 9.17) is 4.74 Å². The SMILES string of the molecule is CSc1ncc2c(n1)N(C)CCN(c1cccc(-n3cc(C(C)COC(=O)NC(C)(C)C)nn3)c1)C2=O. The number of likely N-dealkylation sites (N-methyl/N-ethyl adjacent to an activating group) is 1. The molecule has 3 heterocycles. The average molecular weight is 525 g/mol. The molecule has 196 valence electrons. The van der Waals surface area contributed by atoms with E-state index in [1.165, 1.54) is 11.8 Å². The van der Waals surface area contributed by atoms with E-state index in [1.807, 2.05) is 70.2 Å². The maximum Gasteiger partial charge on any atom is 0.407 e. The van der Waals surface area contributed by atoms with Crippen molar-refractivity contribution in [2.75, 3.05) is 42.8 Å². The summed E-state index contributed by atoms with van der Waals surface area (Å²) in [6.07, 6.45) is 4.85. The Kier molecular flexibility index (Phi) is 7.67. The van der Waals surface area contributed by atoms with E-state index in [0.717, 1.165) is 11.4 Å². The van der Waals surface area contributed by atoms with E-state index < -0.39 is 6.09 Å². The molecule has 0 radical (unpaired) electrons. The van der Waals surface area contributed by atoms with E-state index in [0.29, 0.717) is 35.3 Å². The van der Waals surface area contributed by atoms with Gasteiger partial charge in [0, 0.05) is 43.5 Å². The molecular formula is C25H32N8O3S. The molecule has 3 aromatic rings. The number of nitrogens with one attached hydrogen (secondary N) is 1. The molecule has 0 saturated carbocycles. The van der Waals surface area contributed by atoms with Gasteiger partial charge >= 0.3 is 6.09 Å². The van der Waals surface area contributed by atoms with Crippen molar-refractivity contribution in [3.63, 3.8) is 0 Å². The third-order valence-corrected chi connectivity index (χ3v) is 6.35. The summed E-state index contributed by atoms with van der Waals surface area (Å²) in [5, 5.41) is 11.9. The van der Waals surface area contributed by atoms with Gasteiger partial charge in [-0.1, -0.05) is 30.0 Å². The molecular weight excluding hydrogens is 492 g/mol. The van der Waals surface area contributed by atoms with Crippen LogP contribution in [-0.4, -0.2) is 75.5 Å². The minimum atomic E-state index is -0.469. The molecule has 0 fully saturated rings. The van der Waals surface area contributed by atoms with Crippen LogP contribution in [0.3, 0.4) is 0 Å². The zero-order valence-corrected chi connectivity index (χ0v) is 22.7. The number of anilines is 2. The second-order valence-corrected chi connectivity index (χ2v) is 10.7. The summed E-state index contributed by atoms with van der Waals surface area (Å²) in [5.41, 5.74) is 2.29. The molecule has 2 aromatic heterocycles. The summed E-state index contributed by atoms with van der Waals surface area (Å²) < 4.78 is 6.99. The summed E-state index contributed by atoms with van der Waals surface area (Å²) in [5.74, 6) is 0.340. The molecule has 1 aromatic carbocycles. The normalized spacial score (nSPS) is 14.7. The Balaban J connectivity index is 1.51. The van der Waals surface area contributed by atoms with Gasteiger partial charge < -0.3 is 19.9 Å². The van der Waals surface area contributed by atoms with Crippen LogP contribution in [0.25, 0.3) is 5.69 Å². The number of carbonyl (C=O) groups is 2. The summed E-state index contributed by atoms with van der Waals surface area (Å²) in [7, 11) is 1.93. The number of amides is 2. The Hall–Kier alpha value is -3.67. The number of benzene rings is 1. The average Bonchev–Trinajstić information content (AvgIpc) is 3.32. The van der Waals surface area contributed by atoms with Gasteiger partial charge in [0.15, 0.2) is 5.16 Å². The lowest BCUT2D eigenvalue weighted by atomic mass is 10.1. The van der Waals surface area contributed by atoms with Gasteiger partial charge in [-0.05, 0) is 45.2 Å². The first kappa shape index (κ1) is 26.4. The lowest BCUT2D eigenvalue weighted by molar-refractivity contribution is 0.0989. The van der Waals surface area contributed by atoms with Crippen molar-refractivity contribution in [2.45, 2.75) is 44.3 Å². The molecule has 1 unspecified atom stereocenters. The maximum atomic E-state index is 13.5. The van der Waals surface area contributed by atoms with Crippen LogP contribution in [0.1, 0.15) is 49.7 Å². The summed E-state index contributed by atoms with van der Waals surface area (Å²) >= 11 is 1.44. The Bertz CT molecular complexity index is 1290. The highest BCUT2D eigenvalue weighted by Crippen LogP contribution is 2.28. The summed E-state index contributed by atoms with van der Waals surface area (Å²) in [6.45, 7) is 8.90. The lowest BCUT2D eigenvalue weighted by Crippen LogP contribution is -2.41. The molecule has 11 nitrogen and oxygen atoms in total. The molecule has 0 saturated heterocycles. The minimum Gasteiger partial charge on any atom is -0.449 e. The summed E-state index contributed by atoms with van der Waals surface area (Å²) in [4.78, 5) is 38.0. The molecule has 2 amide bonds. The van der Waals surface area contributed by atoms with Crippen LogP contribution in [0, 0.1) is 0 Å². The number of aromatic nitrogens is 5. The number of alkyl carbamates (subject to hydrolysis) is 1. The van der Waals surface area contributed by atoms with Crippen molar-refractivity contribution in [3.8, 4) is 5.69 Å². The van der Waals surface area contributed by atoms with Crippen LogP contribution in [0.15, 0.2) is 41.8 Å². The first-order valence-corrected chi connectivity index (χ1v) is 13.2. The smallest absolute Gasteiger partial charge is 0.407 e. The van der Waals surface area contributed by atoms with Crippen LogP contribution < -0.4 is 15.1 Å². The highest BCUT2D eigenvalue weighted by molar-refractivity contribution is 7.98. The molecule has 12 heteroatoms. The van der Waals surface area contributed by atoms with E-state index in [1.54, 1.807) is 22.0 Å². The van der Waals surface area contributed by atoms with Crippen molar-refractivity contribution < 1.29 is 14.3 Å². The fourth-order valence-corrected chi connectivity index (χ4v) is 4.14. The first-order chi connectivity index (χ1) is 17.6. The molecule has 1 aliphatic heterocycles. The number of thioether (sulfide) groups is 1. The van der Waals surface area contributed by atoms with Gasteiger partial charge in [-0.2, -0.15) is 0 Å². The fraction of sp³-hybridized carbons (Fsp3) is 0.440. The van der Waals surface area contributed by atoms with Gasteiger partial charge in [-0.3, -0.25) is 4.79 Å². The van der Waals surface area contributed by atoms with Gasteiger partial charge in [0.25, 0.3) is 5.91 Å².